The largest absolute Gasteiger partial charge is 0.324 e. The molecule has 5 aromatic rings. The van der Waals surface area contributed by atoms with E-state index in [0.717, 1.165) is 16.7 Å². The van der Waals surface area contributed by atoms with Crippen molar-refractivity contribution in [3.05, 3.63) is 159 Å². The van der Waals surface area contributed by atoms with Crippen molar-refractivity contribution in [2.24, 2.45) is 5.41 Å². The first-order valence-electron chi connectivity index (χ1n) is 16.3. The maximum absolute atomic E-state index is 16.3. The van der Waals surface area contributed by atoms with E-state index in [-0.39, 0.29) is 12.4 Å². The molecule has 0 radical (unpaired) electrons. The highest BCUT2D eigenvalue weighted by molar-refractivity contribution is 6.27. The fourth-order valence-corrected chi connectivity index (χ4v) is 9.06. The van der Waals surface area contributed by atoms with Gasteiger partial charge in [0.05, 0.1) is 6.20 Å². The molecular formula is C39H32N6O4. The molecule has 3 amide bonds. The Morgan fingerprint density at radius 1 is 0.755 bits per heavy atom. The highest BCUT2D eigenvalue weighted by Crippen LogP contribution is 2.68. The number of hydrazine groups is 1. The minimum atomic E-state index is -1.98. The van der Waals surface area contributed by atoms with Crippen LogP contribution in [-0.2, 0) is 25.5 Å². The third-order valence-corrected chi connectivity index (χ3v) is 11.1. The summed E-state index contributed by atoms with van der Waals surface area (Å²) in [6, 6.07) is 32.2. The molecule has 4 aromatic carbocycles. The quantitative estimate of drug-likeness (QED) is 0.281. The number of carbonyl (C=O) groups excluding carboxylic acids is 3. The molecule has 0 saturated carbocycles. The van der Waals surface area contributed by atoms with Gasteiger partial charge in [-0.15, -0.1) is 0 Å². The highest BCUT2D eigenvalue weighted by Gasteiger charge is 2.84. The lowest BCUT2D eigenvalue weighted by Gasteiger charge is -2.43. The first kappa shape index (κ1) is 29.3. The van der Waals surface area contributed by atoms with Crippen LogP contribution in [0.2, 0.25) is 0 Å². The van der Waals surface area contributed by atoms with Gasteiger partial charge in [-0.05, 0) is 43.7 Å². The topological polar surface area (TPSA) is 119 Å². The van der Waals surface area contributed by atoms with Crippen molar-refractivity contribution in [3.63, 3.8) is 0 Å². The van der Waals surface area contributed by atoms with Crippen molar-refractivity contribution >= 4 is 29.2 Å². The first-order valence-corrected chi connectivity index (χ1v) is 16.3. The Hall–Kier alpha value is -5.87. The lowest BCUT2D eigenvalue weighted by Crippen LogP contribution is -2.62. The van der Waals surface area contributed by atoms with Crippen molar-refractivity contribution in [1.29, 1.82) is 0 Å². The van der Waals surface area contributed by atoms with E-state index in [4.69, 9.17) is 0 Å². The van der Waals surface area contributed by atoms with Gasteiger partial charge in [0.1, 0.15) is 5.69 Å². The normalized spacial score (nSPS) is 24.9. The fraction of sp³-hybridized carbons (Fsp3) is 0.205. The summed E-state index contributed by atoms with van der Waals surface area (Å²) in [5, 5.41) is 5.80. The molecule has 0 bridgehead atoms. The van der Waals surface area contributed by atoms with E-state index in [9.17, 15) is 9.59 Å². The average Bonchev–Trinajstić information content (AvgIpc) is 3.75. The van der Waals surface area contributed by atoms with Gasteiger partial charge in [-0.3, -0.25) is 24.1 Å². The zero-order valence-corrected chi connectivity index (χ0v) is 27.1. The average molecular weight is 649 g/mol. The number of fused-ring (bicyclic) bond motifs is 6. The molecule has 3 unspecified atom stereocenters. The summed E-state index contributed by atoms with van der Waals surface area (Å²) in [6.07, 6.45) is 1.18. The summed E-state index contributed by atoms with van der Waals surface area (Å²) in [5.41, 5.74) is -0.126. The first-order chi connectivity index (χ1) is 23.7. The van der Waals surface area contributed by atoms with Crippen molar-refractivity contribution in [2.45, 2.75) is 30.8 Å². The van der Waals surface area contributed by atoms with Crippen LogP contribution >= 0.6 is 0 Å². The second-order valence-corrected chi connectivity index (χ2v) is 13.5. The van der Waals surface area contributed by atoms with Crippen LogP contribution in [0, 0.1) is 19.3 Å². The van der Waals surface area contributed by atoms with Gasteiger partial charge in [-0.1, -0.05) is 108 Å². The van der Waals surface area contributed by atoms with E-state index in [1.807, 2.05) is 116 Å². The third-order valence-electron chi connectivity index (χ3n) is 11.1. The summed E-state index contributed by atoms with van der Waals surface area (Å²) in [4.78, 5) is 69.4. The van der Waals surface area contributed by atoms with Gasteiger partial charge in [0, 0.05) is 23.7 Å². The molecule has 2 spiro atoms. The van der Waals surface area contributed by atoms with E-state index in [1.54, 1.807) is 13.1 Å². The predicted octanol–water partition coefficient (Wildman–Crippen LogP) is 4.35. The number of aryl methyl sites for hydroxylation is 2. The number of anilines is 2. The van der Waals surface area contributed by atoms with Crippen LogP contribution < -0.4 is 15.9 Å². The smallest absolute Gasteiger partial charge is 0.268 e. The molecular weight excluding hydrogens is 616 g/mol. The minimum absolute atomic E-state index is 0.104. The molecule has 9 rings (SSSR count). The number of likely N-dealkylation sites (tertiary alicyclic amines) is 1. The zero-order valence-electron chi connectivity index (χ0n) is 27.1. The number of rotatable bonds is 3. The minimum Gasteiger partial charge on any atom is -0.324 e. The Bertz CT molecular complexity index is 2240. The molecule has 5 heterocycles. The van der Waals surface area contributed by atoms with Gasteiger partial charge in [-0.2, -0.15) is 5.01 Å². The number of H-pyrrole nitrogens is 1. The van der Waals surface area contributed by atoms with Crippen molar-refractivity contribution in [1.82, 2.24) is 19.9 Å². The number of carbonyl (C=O) groups is 3. The molecule has 49 heavy (non-hydrogen) atoms. The van der Waals surface area contributed by atoms with Crippen LogP contribution in [0.4, 0.5) is 11.5 Å². The summed E-state index contributed by atoms with van der Waals surface area (Å²) in [6.45, 7) is 4.19. The maximum Gasteiger partial charge on any atom is 0.268 e. The number of aromatic nitrogens is 2. The summed E-state index contributed by atoms with van der Waals surface area (Å²) >= 11 is 0. The number of nitrogens with zero attached hydrogens (tertiary/aromatic N) is 4. The lowest BCUT2D eigenvalue weighted by atomic mass is 9.59. The number of amides is 3. The number of hydrogen-bond donors (Lipinski definition) is 2. The standard InChI is InChI=1S/C39H32N6O4/c1-23-13-17-26(18-14-23)38(27-19-15-24(2)16-20-27)32-33(42-31(46)21-40-32)44-35(48)37(36(49)45(38)44)29(25-9-5-4-6-10-25)22-43(3)39(37)28-11-7-8-12-30(28)41-34(39)47/h4-21,29H,22H2,1-3H3,(H,41,47)(H,42,46). The number of benzene rings is 4. The van der Waals surface area contributed by atoms with Crippen LogP contribution in [0.5, 0.6) is 0 Å². The molecule has 3 atom stereocenters. The van der Waals surface area contributed by atoms with Crippen LogP contribution in [-0.4, -0.2) is 51.2 Å². The molecule has 10 nitrogen and oxygen atoms in total. The fourth-order valence-electron chi connectivity index (χ4n) is 9.06. The Balaban J connectivity index is 1.43. The molecule has 0 aliphatic carbocycles. The number of nitrogens with one attached hydrogen (secondary N) is 2. The zero-order chi connectivity index (χ0) is 33.9. The van der Waals surface area contributed by atoms with Gasteiger partial charge < -0.3 is 10.3 Å². The van der Waals surface area contributed by atoms with Crippen LogP contribution in [0.3, 0.4) is 0 Å². The predicted molar refractivity (Wildman–Crippen MR) is 182 cm³/mol. The van der Waals surface area contributed by atoms with Crippen molar-refractivity contribution in [3.8, 4) is 0 Å². The third kappa shape index (κ3) is 3.31. The van der Waals surface area contributed by atoms with Crippen LogP contribution in [0.25, 0.3) is 0 Å². The molecule has 2 N–H and O–H groups in total. The second kappa shape index (κ2) is 9.83. The number of aromatic amines is 1. The molecule has 4 aliphatic heterocycles. The van der Waals surface area contributed by atoms with Gasteiger partial charge in [0.15, 0.2) is 22.3 Å². The molecule has 2 fully saturated rings. The maximum atomic E-state index is 16.3. The van der Waals surface area contributed by atoms with E-state index < -0.39 is 45.7 Å². The summed E-state index contributed by atoms with van der Waals surface area (Å²) < 4.78 is 0. The van der Waals surface area contributed by atoms with Crippen molar-refractivity contribution in [2.75, 3.05) is 23.9 Å². The molecule has 4 aliphatic rings. The Morgan fingerprint density at radius 3 is 2.02 bits per heavy atom. The Labute approximate surface area is 282 Å². The van der Waals surface area contributed by atoms with E-state index in [2.05, 4.69) is 15.3 Å². The molecule has 2 saturated heterocycles. The highest BCUT2D eigenvalue weighted by atomic mass is 16.2. The molecule has 10 heteroatoms. The van der Waals surface area contributed by atoms with Gasteiger partial charge in [-0.25, -0.2) is 9.99 Å². The number of likely N-dealkylation sites (N-methyl/N-ethyl adjacent to an activating group) is 1. The summed E-state index contributed by atoms with van der Waals surface area (Å²) in [7, 11) is 1.80. The lowest BCUT2D eigenvalue weighted by molar-refractivity contribution is -0.154. The molecule has 242 valence electrons. The van der Waals surface area contributed by atoms with Gasteiger partial charge in [0.25, 0.3) is 23.3 Å². The van der Waals surface area contributed by atoms with Gasteiger partial charge in [0.2, 0.25) is 0 Å². The van der Waals surface area contributed by atoms with Crippen molar-refractivity contribution < 1.29 is 14.4 Å². The number of hydrogen-bond acceptors (Lipinski definition) is 6. The molecule has 1 aromatic heterocycles. The Kier molecular flexibility index (Phi) is 5.88. The van der Waals surface area contributed by atoms with Crippen LogP contribution in [0.1, 0.15) is 45.0 Å². The summed E-state index contributed by atoms with van der Waals surface area (Å²) in [5.74, 6) is -2.24. The van der Waals surface area contributed by atoms with E-state index >= 15 is 9.59 Å². The van der Waals surface area contributed by atoms with Crippen LogP contribution in [0.15, 0.2) is 114 Å². The number of para-hydroxylation sites is 1. The van der Waals surface area contributed by atoms with E-state index in [0.29, 0.717) is 28.1 Å². The Morgan fingerprint density at radius 2 is 1.37 bits per heavy atom. The second-order valence-electron chi connectivity index (χ2n) is 13.5. The van der Waals surface area contributed by atoms with Gasteiger partial charge >= 0.3 is 0 Å². The SMILES string of the molecule is Cc1ccc(C2(c3ccc(C)cc3)c3ncc(=O)[nH]c3N3C(=O)C4(C(=O)N32)C(c2ccccc2)CN(C)C42C(=O)Nc3ccccc32)cc1. The monoisotopic (exact) mass is 648 g/mol. The van der Waals surface area contributed by atoms with E-state index in [1.165, 1.54) is 16.2 Å².